The summed E-state index contributed by atoms with van der Waals surface area (Å²) in [6, 6.07) is 6.69. The first-order valence-corrected chi connectivity index (χ1v) is 10.9. The Morgan fingerprint density at radius 2 is 1.91 bits per heavy atom. The van der Waals surface area contributed by atoms with Crippen LogP contribution in [-0.2, 0) is 4.74 Å². The van der Waals surface area contributed by atoms with Crippen molar-refractivity contribution in [3.05, 3.63) is 76.1 Å². The molecule has 0 fully saturated rings. The number of ether oxygens (including phenoxy) is 1. The molecule has 1 heterocycles. The second kappa shape index (κ2) is 11.8. The van der Waals surface area contributed by atoms with E-state index >= 15 is 0 Å². The first-order valence-electron chi connectivity index (χ1n) is 10.5. The van der Waals surface area contributed by atoms with Gasteiger partial charge >= 0.3 is 0 Å². The molecule has 0 aromatic heterocycles. The third kappa shape index (κ3) is 7.39. The van der Waals surface area contributed by atoms with Gasteiger partial charge in [-0.1, -0.05) is 11.6 Å². The third-order valence-electron chi connectivity index (χ3n) is 4.49. The predicted octanol–water partition coefficient (Wildman–Crippen LogP) is 5.08. The number of benzene rings is 2. The molecule has 11 heteroatoms. The zero-order valence-corrected chi connectivity index (χ0v) is 19.2. The summed E-state index contributed by atoms with van der Waals surface area (Å²) >= 11 is 5.68. The van der Waals surface area contributed by atoms with Crippen LogP contribution in [0.5, 0.6) is 0 Å². The Hall–Kier alpha value is -3.24. The molecule has 1 unspecified atom stereocenters. The highest BCUT2D eigenvalue weighted by atomic mass is 35.5. The van der Waals surface area contributed by atoms with Crippen molar-refractivity contribution in [3.8, 4) is 0 Å². The molecule has 1 amide bonds. The van der Waals surface area contributed by atoms with Gasteiger partial charge in [-0.25, -0.2) is 13.2 Å². The quantitative estimate of drug-likeness (QED) is 0.305. The molecular formula is C23H23ClF3N5O2. The largest absolute Gasteiger partial charge is 0.379 e. The molecule has 0 radical (unpaired) electrons. The van der Waals surface area contributed by atoms with Gasteiger partial charge in [0.2, 0.25) is 0 Å². The number of guanidine groups is 1. The monoisotopic (exact) mass is 493 g/mol. The number of rotatable bonds is 8. The van der Waals surface area contributed by atoms with Crippen LogP contribution in [0.3, 0.4) is 0 Å². The Bertz CT molecular complexity index is 1120. The number of carbonyl (C=O) groups excluding carboxylic acids is 1. The molecule has 0 spiro atoms. The number of nitrogens with one attached hydrogen (secondary N) is 2. The Morgan fingerprint density at radius 3 is 2.59 bits per heavy atom. The van der Waals surface area contributed by atoms with Crippen molar-refractivity contribution >= 4 is 29.2 Å². The molecule has 1 aliphatic rings. The van der Waals surface area contributed by atoms with Gasteiger partial charge in [-0.2, -0.15) is 10.2 Å². The van der Waals surface area contributed by atoms with Crippen LogP contribution in [0.4, 0.5) is 13.2 Å². The lowest BCUT2D eigenvalue weighted by Crippen LogP contribution is -2.44. The minimum atomic E-state index is -0.755. The zero-order valence-electron chi connectivity index (χ0n) is 18.5. The van der Waals surface area contributed by atoms with E-state index in [1.54, 1.807) is 0 Å². The van der Waals surface area contributed by atoms with E-state index in [0.717, 1.165) is 24.3 Å². The van der Waals surface area contributed by atoms with Gasteiger partial charge in [0, 0.05) is 30.3 Å². The van der Waals surface area contributed by atoms with Gasteiger partial charge in [0.15, 0.2) is 12.1 Å². The summed E-state index contributed by atoms with van der Waals surface area (Å²) < 4.78 is 46.3. The molecule has 0 bridgehead atoms. The molecule has 2 N–H and O–H groups in total. The van der Waals surface area contributed by atoms with Gasteiger partial charge in [0.25, 0.3) is 5.91 Å². The van der Waals surface area contributed by atoms with E-state index in [9.17, 15) is 18.0 Å². The van der Waals surface area contributed by atoms with Crippen LogP contribution in [-0.4, -0.2) is 37.3 Å². The van der Waals surface area contributed by atoms with Gasteiger partial charge in [0.05, 0.1) is 16.8 Å². The van der Waals surface area contributed by atoms with Gasteiger partial charge < -0.3 is 10.1 Å². The number of aliphatic imine (C=N–C) groups is 1. The Morgan fingerprint density at radius 1 is 1.18 bits per heavy atom. The number of hydrogen-bond acceptors (Lipinski definition) is 5. The Kier molecular flexibility index (Phi) is 8.78. The van der Waals surface area contributed by atoms with Crippen LogP contribution in [0.25, 0.3) is 5.70 Å². The van der Waals surface area contributed by atoms with Crippen molar-refractivity contribution in [2.75, 3.05) is 13.2 Å². The van der Waals surface area contributed by atoms with E-state index in [2.05, 4.69) is 25.9 Å². The minimum absolute atomic E-state index is 0.0408. The number of amides is 1. The molecular weight excluding hydrogens is 471 g/mol. The van der Waals surface area contributed by atoms with Gasteiger partial charge in [0.1, 0.15) is 17.5 Å². The molecule has 2 aromatic rings. The molecule has 1 aliphatic heterocycles. The lowest BCUT2D eigenvalue weighted by Gasteiger charge is -2.14. The lowest BCUT2D eigenvalue weighted by molar-refractivity contribution is 0.0782. The molecule has 0 saturated heterocycles. The van der Waals surface area contributed by atoms with E-state index < -0.39 is 29.5 Å². The summed E-state index contributed by atoms with van der Waals surface area (Å²) in [5, 5.41) is 13.3. The summed E-state index contributed by atoms with van der Waals surface area (Å²) in [5.41, 5.74) is 0.515. The number of hydrogen-bond donors (Lipinski definition) is 2. The Labute approximate surface area is 199 Å². The average Bonchev–Trinajstić information content (AvgIpc) is 3.23. The van der Waals surface area contributed by atoms with Crippen LogP contribution in [0, 0.1) is 17.5 Å². The van der Waals surface area contributed by atoms with Crippen molar-refractivity contribution in [1.82, 2.24) is 10.6 Å². The fourth-order valence-electron chi connectivity index (χ4n) is 2.92. The Balaban J connectivity index is 1.72. The lowest BCUT2D eigenvalue weighted by atomic mass is 10.1. The van der Waals surface area contributed by atoms with Gasteiger partial charge in [-0.3, -0.25) is 15.1 Å². The summed E-state index contributed by atoms with van der Waals surface area (Å²) in [6.07, 6.45) is 1.44. The average molecular weight is 494 g/mol. The maximum absolute atomic E-state index is 13.8. The van der Waals surface area contributed by atoms with Crippen molar-refractivity contribution in [2.24, 2.45) is 15.2 Å². The van der Waals surface area contributed by atoms with Crippen LogP contribution in [0.1, 0.15) is 36.2 Å². The highest BCUT2D eigenvalue weighted by molar-refractivity contribution is 6.30. The maximum atomic E-state index is 13.8. The van der Waals surface area contributed by atoms with Crippen molar-refractivity contribution in [2.45, 2.75) is 32.5 Å². The predicted molar refractivity (Wildman–Crippen MR) is 123 cm³/mol. The second-order valence-electron chi connectivity index (χ2n) is 7.60. The molecule has 0 aliphatic carbocycles. The van der Waals surface area contributed by atoms with Crippen LogP contribution in [0.2, 0.25) is 5.02 Å². The molecule has 34 heavy (non-hydrogen) atoms. The molecule has 3 rings (SSSR count). The van der Waals surface area contributed by atoms with Gasteiger partial charge in [-0.05, 0) is 56.7 Å². The number of azo groups is 1. The van der Waals surface area contributed by atoms with E-state index in [4.69, 9.17) is 16.3 Å². The summed E-state index contributed by atoms with van der Waals surface area (Å²) in [4.78, 5) is 17.0. The number of halogens is 4. The highest BCUT2D eigenvalue weighted by Gasteiger charge is 2.19. The number of carbonyl (C=O) groups is 1. The molecule has 2 aromatic carbocycles. The molecule has 1 atom stereocenters. The topological polar surface area (TPSA) is 87.4 Å². The second-order valence-corrected chi connectivity index (χ2v) is 8.01. The van der Waals surface area contributed by atoms with Crippen LogP contribution < -0.4 is 10.6 Å². The standard InChI is InChI=1S/C23H23ClF3N5O2/c1-13(2)34-7-3-6-28-23(30-22(33)14-4-5-18(24)19(27)10-14)29-21-12-20(31-32-21)15-8-16(25)11-17(26)9-15/h4-5,8-13,21H,3,6-7H2,1-2H3,(H2,28,29,30,33). The van der Waals surface area contributed by atoms with E-state index in [0.29, 0.717) is 19.6 Å². The van der Waals surface area contributed by atoms with Crippen molar-refractivity contribution < 1.29 is 22.7 Å². The molecule has 0 saturated carbocycles. The molecule has 7 nitrogen and oxygen atoms in total. The maximum Gasteiger partial charge on any atom is 0.258 e. The third-order valence-corrected chi connectivity index (χ3v) is 4.79. The van der Waals surface area contributed by atoms with E-state index in [1.807, 2.05) is 13.8 Å². The van der Waals surface area contributed by atoms with Crippen molar-refractivity contribution in [1.29, 1.82) is 0 Å². The fraction of sp³-hybridized carbons (Fsp3) is 0.304. The van der Waals surface area contributed by atoms with Crippen molar-refractivity contribution in [3.63, 3.8) is 0 Å². The van der Waals surface area contributed by atoms with Crippen LogP contribution >= 0.6 is 11.6 Å². The molecule has 180 valence electrons. The smallest absolute Gasteiger partial charge is 0.258 e. The normalized spacial score (nSPS) is 15.6. The fourth-order valence-corrected chi connectivity index (χ4v) is 3.04. The van der Waals surface area contributed by atoms with E-state index in [1.165, 1.54) is 18.2 Å². The minimum Gasteiger partial charge on any atom is -0.379 e. The first-order chi connectivity index (χ1) is 16.2. The summed E-state index contributed by atoms with van der Waals surface area (Å²) in [5.74, 6) is -2.76. The summed E-state index contributed by atoms with van der Waals surface area (Å²) in [7, 11) is 0. The first kappa shape index (κ1) is 25.4. The highest BCUT2D eigenvalue weighted by Crippen LogP contribution is 2.24. The van der Waals surface area contributed by atoms with Crippen LogP contribution in [0.15, 0.2) is 57.7 Å². The SMILES string of the molecule is CC(C)OCCCN=C(NC(=O)c1ccc(Cl)c(F)c1)NC1C=C(c2cc(F)cc(F)c2)N=N1. The zero-order chi connectivity index (χ0) is 24.7. The van der Waals surface area contributed by atoms with E-state index in [-0.39, 0.29) is 33.9 Å². The van der Waals surface area contributed by atoms with Gasteiger partial charge in [-0.15, -0.1) is 0 Å². The number of nitrogens with zero attached hydrogens (tertiary/aromatic N) is 3. The summed E-state index contributed by atoms with van der Waals surface area (Å²) in [6.45, 7) is 4.63.